The van der Waals surface area contributed by atoms with E-state index in [2.05, 4.69) is 21.1 Å². The summed E-state index contributed by atoms with van der Waals surface area (Å²) in [6.45, 7) is 4.53. The molecule has 2 fully saturated rings. The number of nitrogens with zero attached hydrogens (tertiary/aromatic N) is 1. The van der Waals surface area contributed by atoms with Crippen LogP contribution < -0.4 is 16.0 Å². The van der Waals surface area contributed by atoms with E-state index in [0.717, 1.165) is 49.8 Å². The summed E-state index contributed by atoms with van der Waals surface area (Å²) >= 11 is 0. The van der Waals surface area contributed by atoms with Gasteiger partial charge in [-0.05, 0) is 63.1 Å². The lowest BCUT2D eigenvalue weighted by Crippen LogP contribution is -2.49. The van der Waals surface area contributed by atoms with Gasteiger partial charge in [-0.1, -0.05) is 43.3 Å². The molecule has 2 aromatic rings. The van der Waals surface area contributed by atoms with E-state index in [1.807, 2.05) is 18.2 Å². The van der Waals surface area contributed by atoms with Crippen molar-refractivity contribution in [2.45, 2.75) is 83.1 Å². The van der Waals surface area contributed by atoms with Crippen LogP contribution in [-0.4, -0.2) is 42.1 Å². The summed E-state index contributed by atoms with van der Waals surface area (Å²) in [5.74, 6) is -0.141. The van der Waals surface area contributed by atoms with Crippen molar-refractivity contribution in [3.63, 3.8) is 0 Å². The highest BCUT2D eigenvalue weighted by molar-refractivity contribution is 6.08. The van der Waals surface area contributed by atoms with Crippen LogP contribution in [0.1, 0.15) is 85.2 Å². The van der Waals surface area contributed by atoms with Crippen molar-refractivity contribution in [2.75, 3.05) is 23.8 Å². The zero-order valence-electron chi connectivity index (χ0n) is 21.7. The molecular weight excluding hydrogens is 472 g/mol. The zero-order chi connectivity index (χ0) is 26.0. The molecule has 0 bridgehead atoms. The normalized spacial score (nSPS) is 20.4. The van der Waals surface area contributed by atoms with Gasteiger partial charge in [0.15, 0.2) is 0 Å². The van der Waals surface area contributed by atoms with Crippen molar-refractivity contribution in [1.29, 1.82) is 0 Å². The lowest BCUT2D eigenvalue weighted by atomic mass is 9.75. The monoisotopic (exact) mass is 508 g/mol. The third-order valence-corrected chi connectivity index (χ3v) is 8.28. The van der Waals surface area contributed by atoms with Crippen molar-refractivity contribution >= 4 is 29.1 Å². The van der Waals surface area contributed by atoms with Crippen LogP contribution in [0.3, 0.4) is 0 Å². The Bertz CT molecular complexity index is 1160. The average Bonchev–Trinajstić information content (AvgIpc) is 3.33. The minimum Gasteiger partial charge on any atom is -0.381 e. The molecule has 9 nitrogen and oxygen atoms in total. The Morgan fingerprint density at radius 1 is 1.08 bits per heavy atom. The maximum absolute atomic E-state index is 13.7. The maximum Gasteiger partial charge on any atom is 0.257 e. The van der Waals surface area contributed by atoms with Crippen LogP contribution in [0.2, 0.25) is 0 Å². The van der Waals surface area contributed by atoms with Crippen LogP contribution >= 0.6 is 0 Å². The van der Waals surface area contributed by atoms with E-state index in [1.165, 1.54) is 6.42 Å². The number of aromatic nitrogens is 1. The number of hydrogen-bond donors (Lipinski definition) is 3. The summed E-state index contributed by atoms with van der Waals surface area (Å²) in [6, 6.07) is 4.91. The number of rotatable bonds is 5. The molecule has 5 rings (SSSR count). The van der Waals surface area contributed by atoms with Gasteiger partial charge in [-0.3, -0.25) is 14.4 Å². The second-order valence-corrected chi connectivity index (χ2v) is 10.7. The lowest BCUT2D eigenvalue weighted by molar-refractivity contribution is -0.124. The highest BCUT2D eigenvalue weighted by atomic mass is 16.5. The first-order valence-corrected chi connectivity index (χ1v) is 13.5. The van der Waals surface area contributed by atoms with Gasteiger partial charge >= 0.3 is 0 Å². The fraction of sp³-hybridized carbons (Fsp3) is 0.571. The highest BCUT2D eigenvalue weighted by Gasteiger charge is 2.47. The van der Waals surface area contributed by atoms with E-state index >= 15 is 0 Å². The molecule has 3 N–H and O–H groups in total. The SMILES string of the molecule is Cc1noc(C)c1C(=O)NC(C(=O)Nc1ccc2c(c1)NC(=O)C21CCOCC1)C1CCCCCCC1. The molecule has 1 saturated heterocycles. The second kappa shape index (κ2) is 10.7. The first-order valence-electron chi connectivity index (χ1n) is 13.5. The van der Waals surface area contributed by atoms with Gasteiger partial charge in [0.05, 0.1) is 11.1 Å². The Balaban J connectivity index is 1.37. The Labute approximate surface area is 217 Å². The molecule has 37 heavy (non-hydrogen) atoms. The fourth-order valence-corrected chi connectivity index (χ4v) is 6.18. The van der Waals surface area contributed by atoms with Crippen LogP contribution in [0.25, 0.3) is 0 Å². The molecule has 2 aliphatic heterocycles. The van der Waals surface area contributed by atoms with E-state index in [0.29, 0.717) is 48.8 Å². The number of amides is 3. The molecule has 1 spiro atoms. The number of anilines is 2. The smallest absolute Gasteiger partial charge is 0.257 e. The van der Waals surface area contributed by atoms with Gasteiger partial charge in [-0.15, -0.1) is 0 Å². The summed E-state index contributed by atoms with van der Waals surface area (Å²) < 4.78 is 10.7. The minimum atomic E-state index is -0.691. The van der Waals surface area contributed by atoms with Crippen LogP contribution in [0.15, 0.2) is 22.7 Å². The van der Waals surface area contributed by atoms with Crippen LogP contribution in [0.4, 0.5) is 11.4 Å². The molecule has 3 heterocycles. The highest BCUT2D eigenvalue weighted by Crippen LogP contribution is 2.45. The van der Waals surface area contributed by atoms with Gasteiger partial charge in [-0.2, -0.15) is 0 Å². The quantitative estimate of drug-likeness (QED) is 0.551. The van der Waals surface area contributed by atoms with Crippen molar-refractivity contribution in [3.05, 3.63) is 40.8 Å². The number of hydrogen-bond acceptors (Lipinski definition) is 6. The first-order chi connectivity index (χ1) is 17.9. The summed E-state index contributed by atoms with van der Waals surface area (Å²) in [4.78, 5) is 39.8. The lowest BCUT2D eigenvalue weighted by Gasteiger charge is -2.31. The van der Waals surface area contributed by atoms with Crippen molar-refractivity contribution in [1.82, 2.24) is 10.5 Å². The van der Waals surface area contributed by atoms with Crippen molar-refractivity contribution < 1.29 is 23.6 Å². The van der Waals surface area contributed by atoms with Crippen molar-refractivity contribution in [2.24, 2.45) is 5.92 Å². The molecule has 198 valence electrons. The molecule has 1 unspecified atom stereocenters. The van der Waals surface area contributed by atoms with Gasteiger partial charge in [-0.25, -0.2) is 0 Å². The number of fused-ring (bicyclic) bond motifs is 2. The Hall–Kier alpha value is -3.20. The van der Waals surface area contributed by atoms with Crippen LogP contribution in [0.5, 0.6) is 0 Å². The Morgan fingerprint density at radius 3 is 2.46 bits per heavy atom. The third-order valence-electron chi connectivity index (χ3n) is 8.28. The van der Waals surface area contributed by atoms with E-state index in [-0.39, 0.29) is 23.6 Å². The minimum absolute atomic E-state index is 0.00611. The number of nitrogens with one attached hydrogen (secondary N) is 3. The largest absolute Gasteiger partial charge is 0.381 e. The third kappa shape index (κ3) is 5.01. The summed E-state index contributed by atoms with van der Waals surface area (Å²) in [5, 5.41) is 12.9. The van der Waals surface area contributed by atoms with Crippen molar-refractivity contribution in [3.8, 4) is 0 Å². The predicted molar refractivity (Wildman–Crippen MR) is 138 cm³/mol. The molecule has 3 aliphatic rings. The molecule has 0 radical (unpaired) electrons. The molecule has 1 aliphatic carbocycles. The van der Waals surface area contributed by atoms with Crippen LogP contribution in [-0.2, 0) is 19.7 Å². The molecule has 9 heteroatoms. The number of aryl methyl sites for hydroxylation is 2. The topological polar surface area (TPSA) is 123 Å². The predicted octanol–water partition coefficient (Wildman–Crippen LogP) is 4.39. The molecule has 1 saturated carbocycles. The number of ether oxygens (including phenoxy) is 1. The van der Waals surface area contributed by atoms with E-state index in [4.69, 9.17) is 9.26 Å². The maximum atomic E-state index is 13.7. The van der Waals surface area contributed by atoms with Gasteiger partial charge in [0.2, 0.25) is 11.8 Å². The van der Waals surface area contributed by atoms with Crippen LogP contribution in [0, 0.1) is 19.8 Å². The summed E-state index contributed by atoms with van der Waals surface area (Å²) in [6.07, 6.45) is 8.61. The number of benzene rings is 1. The molecule has 1 aromatic carbocycles. The molecule has 3 amide bonds. The van der Waals surface area contributed by atoms with E-state index in [9.17, 15) is 14.4 Å². The summed E-state index contributed by atoms with van der Waals surface area (Å²) in [5.41, 5.74) is 2.61. The molecule has 1 atom stereocenters. The first kappa shape index (κ1) is 25.4. The number of carbonyl (C=O) groups excluding carboxylic acids is 3. The van der Waals surface area contributed by atoms with Gasteiger partial charge in [0, 0.05) is 24.6 Å². The fourth-order valence-electron chi connectivity index (χ4n) is 6.18. The Morgan fingerprint density at radius 2 is 1.78 bits per heavy atom. The van der Waals surface area contributed by atoms with E-state index < -0.39 is 11.5 Å². The standard InChI is InChI=1S/C28H36N4O5/c1-17-23(18(2)37-32-17)25(33)31-24(19-8-6-4-3-5-7-9-19)26(34)29-20-10-11-21-22(16-20)30-27(35)28(21)12-14-36-15-13-28/h10-11,16,19,24H,3-9,12-15H2,1-2H3,(H,29,34)(H,30,35)(H,31,33). The van der Waals surface area contributed by atoms with Gasteiger partial charge in [0.1, 0.15) is 17.4 Å². The Kier molecular flexibility index (Phi) is 7.33. The average molecular weight is 509 g/mol. The summed E-state index contributed by atoms with van der Waals surface area (Å²) in [7, 11) is 0. The van der Waals surface area contributed by atoms with Gasteiger partial charge in [0.25, 0.3) is 5.91 Å². The zero-order valence-corrected chi connectivity index (χ0v) is 21.7. The molecule has 1 aromatic heterocycles. The number of carbonyl (C=O) groups is 3. The van der Waals surface area contributed by atoms with Gasteiger partial charge < -0.3 is 25.2 Å². The van der Waals surface area contributed by atoms with E-state index in [1.54, 1.807) is 13.8 Å². The second-order valence-electron chi connectivity index (χ2n) is 10.7. The molecular formula is C28H36N4O5.